The number of nitrogen functional groups attached to an aromatic ring is 1. The average Bonchev–Trinajstić information content (AvgIpc) is 2.87. The number of thioether (sulfide) groups is 1. The fraction of sp³-hybridized carbons (Fsp3) is 0.214. The molecule has 0 unspecified atom stereocenters. The highest BCUT2D eigenvalue weighted by Crippen LogP contribution is 2.32. The van der Waals surface area contributed by atoms with Gasteiger partial charge in [-0.2, -0.15) is 11.8 Å². The molecule has 0 radical (unpaired) electrons. The second-order valence-corrected chi connectivity index (χ2v) is 6.79. The fourth-order valence-corrected chi connectivity index (χ4v) is 4.32. The van der Waals surface area contributed by atoms with E-state index in [1.54, 1.807) is 6.07 Å². The molecule has 6 heteroatoms. The van der Waals surface area contributed by atoms with Gasteiger partial charge in [-0.3, -0.25) is 4.79 Å². The topological polar surface area (TPSA) is 55.1 Å². The Bertz CT molecular complexity index is 646. The van der Waals surface area contributed by atoms with Gasteiger partial charge in [-0.25, -0.2) is 4.39 Å². The van der Waals surface area contributed by atoms with Crippen LogP contribution < -0.4 is 11.1 Å². The Hall–Kier alpha value is -1.53. The van der Waals surface area contributed by atoms with Crippen LogP contribution in [0.3, 0.4) is 0 Å². The molecule has 3 nitrogen and oxygen atoms in total. The third-order valence-corrected chi connectivity index (χ3v) is 5.35. The lowest BCUT2D eigenvalue weighted by molar-refractivity contribution is 0.103. The first-order valence-electron chi connectivity index (χ1n) is 6.19. The number of fused-ring (bicyclic) bond motifs is 1. The highest BCUT2D eigenvalue weighted by atomic mass is 32.2. The fourth-order valence-electron chi connectivity index (χ4n) is 2.06. The van der Waals surface area contributed by atoms with Gasteiger partial charge in [0.05, 0.1) is 10.6 Å². The van der Waals surface area contributed by atoms with E-state index < -0.39 is 5.82 Å². The lowest BCUT2D eigenvalue weighted by atomic mass is 10.2. The number of nitrogens with one attached hydrogen (secondary N) is 1. The number of amides is 1. The predicted octanol–water partition coefficient (Wildman–Crippen LogP) is 3.51. The van der Waals surface area contributed by atoms with Crippen molar-refractivity contribution in [3.8, 4) is 0 Å². The minimum atomic E-state index is -0.523. The zero-order chi connectivity index (χ0) is 14.1. The van der Waals surface area contributed by atoms with Gasteiger partial charge in [-0.15, -0.1) is 11.3 Å². The van der Waals surface area contributed by atoms with Crippen LogP contribution in [0.1, 0.15) is 20.1 Å². The van der Waals surface area contributed by atoms with E-state index in [9.17, 15) is 9.18 Å². The second-order valence-electron chi connectivity index (χ2n) is 4.55. The number of hydrogen-bond donors (Lipinski definition) is 2. The Morgan fingerprint density at radius 2 is 2.20 bits per heavy atom. The van der Waals surface area contributed by atoms with Gasteiger partial charge in [0.25, 0.3) is 5.91 Å². The molecule has 20 heavy (non-hydrogen) atoms. The first kappa shape index (κ1) is 13.5. The molecule has 1 aromatic heterocycles. The first-order valence-corrected chi connectivity index (χ1v) is 8.16. The molecule has 0 atom stereocenters. The number of thiophene rings is 1. The van der Waals surface area contributed by atoms with Crippen molar-refractivity contribution in [1.82, 2.24) is 0 Å². The summed E-state index contributed by atoms with van der Waals surface area (Å²) in [7, 11) is 0. The van der Waals surface area contributed by atoms with E-state index in [-0.39, 0.29) is 11.6 Å². The number of carbonyl (C=O) groups excluding carboxylic acids is 1. The summed E-state index contributed by atoms with van der Waals surface area (Å²) in [5.41, 5.74) is 7.15. The summed E-state index contributed by atoms with van der Waals surface area (Å²) < 4.78 is 13.3. The molecule has 3 rings (SSSR count). The number of carbonyl (C=O) groups is 1. The van der Waals surface area contributed by atoms with Crippen molar-refractivity contribution in [2.45, 2.75) is 12.2 Å². The maximum atomic E-state index is 13.3. The van der Waals surface area contributed by atoms with Crippen LogP contribution in [0.25, 0.3) is 0 Å². The molecular weight excluding hydrogens is 295 g/mol. The number of rotatable bonds is 2. The molecule has 1 amide bonds. The van der Waals surface area contributed by atoms with Crippen molar-refractivity contribution in [3.63, 3.8) is 0 Å². The van der Waals surface area contributed by atoms with Gasteiger partial charge in [0.1, 0.15) is 5.82 Å². The highest BCUT2D eigenvalue weighted by Gasteiger charge is 2.17. The summed E-state index contributed by atoms with van der Waals surface area (Å²) in [6, 6.07) is 6.21. The van der Waals surface area contributed by atoms with Crippen molar-refractivity contribution in [2.75, 3.05) is 16.8 Å². The van der Waals surface area contributed by atoms with Crippen LogP contribution in [-0.4, -0.2) is 11.7 Å². The van der Waals surface area contributed by atoms with E-state index in [0.29, 0.717) is 10.6 Å². The van der Waals surface area contributed by atoms with E-state index >= 15 is 0 Å². The third kappa shape index (κ3) is 2.66. The largest absolute Gasteiger partial charge is 0.396 e. The van der Waals surface area contributed by atoms with Gasteiger partial charge in [0.2, 0.25) is 0 Å². The summed E-state index contributed by atoms with van der Waals surface area (Å²) in [4.78, 5) is 14.1. The number of anilines is 2. The lowest BCUT2D eigenvalue weighted by Gasteiger charge is -2.08. The Labute approximate surface area is 124 Å². The Morgan fingerprint density at radius 3 is 2.95 bits per heavy atom. The second kappa shape index (κ2) is 5.46. The van der Waals surface area contributed by atoms with E-state index in [1.165, 1.54) is 33.9 Å². The highest BCUT2D eigenvalue weighted by molar-refractivity contribution is 7.98. The normalized spacial score (nSPS) is 13.8. The minimum Gasteiger partial charge on any atom is -0.396 e. The first-order chi connectivity index (χ1) is 9.63. The molecule has 1 aliphatic heterocycles. The Balaban J connectivity index is 1.78. The maximum Gasteiger partial charge on any atom is 0.265 e. The molecule has 0 bridgehead atoms. The number of aryl methyl sites for hydroxylation is 1. The smallest absolute Gasteiger partial charge is 0.265 e. The summed E-state index contributed by atoms with van der Waals surface area (Å²) in [6.45, 7) is 0. The standard InChI is InChI=1S/C14H13FN2OS2/c15-10-6-9(1-2-11(10)16)17-14(18)13-5-8-7-19-4-3-12(8)20-13/h1-2,5-6H,3-4,7,16H2,(H,17,18). The van der Waals surface area contributed by atoms with Crippen molar-refractivity contribution in [3.05, 3.63) is 45.4 Å². The summed E-state index contributed by atoms with van der Waals surface area (Å²) in [5, 5.41) is 2.70. The zero-order valence-electron chi connectivity index (χ0n) is 10.6. The van der Waals surface area contributed by atoms with Gasteiger partial charge in [0, 0.05) is 16.3 Å². The van der Waals surface area contributed by atoms with Crippen molar-refractivity contribution < 1.29 is 9.18 Å². The van der Waals surface area contributed by atoms with Gasteiger partial charge >= 0.3 is 0 Å². The van der Waals surface area contributed by atoms with Gasteiger partial charge in [-0.1, -0.05) is 0 Å². The summed E-state index contributed by atoms with van der Waals surface area (Å²) in [6.07, 6.45) is 1.02. The maximum absolute atomic E-state index is 13.3. The molecule has 0 saturated heterocycles. The molecule has 0 fully saturated rings. The molecule has 0 saturated carbocycles. The molecule has 1 aromatic carbocycles. The van der Waals surface area contributed by atoms with Crippen LogP contribution in [0.2, 0.25) is 0 Å². The molecule has 0 spiro atoms. The van der Waals surface area contributed by atoms with Gasteiger partial charge in [-0.05, 0) is 42.0 Å². The van der Waals surface area contributed by atoms with Crippen molar-refractivity contribution in [2.24, 2.45) is 0 Å². The van der Waals surface area contributed by atoms with E-state index in [0.717, 1.165) is 17.9 Å². The van der Waals surface area contributed by atoms with Crippen LogP contribution in [0, 0.1) is 5.82 Å². The SMILES string of the molecule is Nc1ccc(NC(=O)c2cc3c(s2)CCSC3)cc1F. The van der Waals surface area contributed by atoms with Crippen molar-refractivity contribution in [1.29, 1.82) is 0 Å². The molecule has 1 aliphatic rings. The third-order valence-electron chi connectivity index (χ3n) is 3.11. The number of benzene rings is 1. The van der Waals surface area contributed by atoms with Gasteiger partial charge in [0.15, 0.2) is 0 Å². The van der Waals surface area contributed by atoms with E-state index in [2.05, 4.69) is 5.32 Å². The van der Waals surface area contributed by atoms with E-state index in [1.807, 2.05) is 17.8 Å². The summed E-state index contributed by atoms with van der Waals surface area (Å²) >= 11 is 3.41. The van der Waals surface area contributed by atoms with Gasteiger partial charge < -0.3 is 11.1 Å². The number of halogens is 1. The average molecular weight is 308 g/mol. The Kier molecular flexibility index (Phi) is 3.67. The lowest BCUT2D eigenvalue weighted by Crippen LogP contribution is -2.10. The minimum absolute atomic E-state index is 0.0756. The molecule has 3 N–H and O–H groups in total. The molecule has 2 aromatic rings. The van der Waals surface area contributed by atoms with E-state index in [4.69, 9.17) is 5.73 Å². The van der Waals surface area contributed by atoms with Crippen molar-refractivity contribution >= 4 is 40.4 Å². The Morgan fingerprint density at radius 1 is 1.35 bits per heavy atom. The number of hydrogen-bond acceptors (Lipinski definition) is 4. The predicted molar refractivity (Wildman–Crippen MR) is 83.0 cm³/mol. The number of nitrogens with two attached hydrogens (primary N) is 1. The molecule has 0 aliphatic carbocycles. The molecule has 2 heterocycles. The van der Waals surface area contributed by atoms with Crippen LogP contribution in [0.5, 0.6) is 0 Å². The molecular formula is C14H13FN2OS2. The van der Waals surface area contributed by atoms with Crippen LogP contribution in [0.15, 0.2) is 24.3 Å². The molecule has 104 valence electrons. The summed E-state index contributed by atoms with van der Waals surface area (Å²) in [5.74, 6) is 1.36. The quantitative estimate of drug-likeness (QED) is 0.835. The van der Waals surface area contributed by atoms with Crippen LogP contribution in [0.4, 0.5) is 15.8 Å². The monoisotopic (exact) mass is 308 g/mol. The zero-order valence-corrected chi connectivity index (χ0v) is 12.2. The van der Waals surface area contributed by atoms with Crippen LogP contribution >= 0.6 is 23.1 Å². The van der Waals surface area contributed by atoms with Crippen LogP contribution in [-0.2, 0) is 12.2 Å².